The monoisotopic (exact) mass is 267 g/mol. The Morgan fingerprint density at radius 2 is 1.94 bits per heavy atom. The molecule has 6 heteroatoms. The van der Waals surface area contributed by atoms with Crippen LogP contribution in [0, 0.1) is 5.82 Å². The molecule has 0 radical (unpaired) electrons. The highest BCUT2D eigenvalue weighted by Crippen LogP contribution is 2.29. The Labute approximate surface area is 102 Å². The van der Waals surface area contributed by atoms with Crippen molar-refractivity contribution in [2.24, 2.45) is 0 Å². The minimum atomic E-state index is -4.21. The summed E-state index contributed by atoms with van der Waals surface area (Å²) >= 11 is -0.0813. The minimum Gasteiger partial charge on any atom is -0.309 e. The van der Waals surface area contributed by atoms with Crippen LogP contribution in [-0.4, -0.2) is 17.8 Å². The fourth-order valence-corrected chi connectivity index (χ4v) is 1.83. The van der Waals surface area contributed by atoms with Crippen molar-refractivity contribution < 1.29 is 17.6 Å². The van der Waals surface area contributed by atoms with Crippen molar-refractivity contribution >= 4 is 11.8 Å². The number of nitrogens with one attached hydrogen (secondary N) is 1. The van der Waals surface area contributed by atoms with Gasteiger partial charge in [0.15, 0.2) is 0 Å². The van der Waals surface area contributed by atoms with Crippen LogP contribution in [0.3, 0.4) is 0 Å². The third kappa shape index (κ3) is 5.41. The molecule has 0 aromatic heterocycles. The van der Waals surface area contributed by atoms with E-state index >= 15 is 0 Å². The number of halogens is 4. The number of thioether (sulfide) groups is 1. The van der Waals surface area contributed by atoms with Crippen LogP contribution in [-0.2, 0) is 0 Å². The molecule has 1 N–H and O–H groups in total. The second-order valence-electron chi connectivity index (χ2n) is 3.49. The maximum atomic E-state index is 13.3. The average Bonchev–Trinajstić information content (AvgIpc) is 2.23. The van der Waals surface area contributed by atoms with Crippen molar-refractivity contribution in [2.75, 3.05) is 12.3 Å². The molecule has 0 saturated carbocycles. The van der Waals surface area contributed by atoms with Crippen LogP contribution in [0.5, 0.6) is 0 Å². The largest absolute Gasteiger partial charge is 0.441 e. The van der Waals surface area contributed by atoms with E-state index in [2.05, 4.69) is 5.32 Å². The first-order chi connectivity index (χ1) is 7.90. The summed E-state index contributed by atoms with van der Waals surface area (Å²) in [6, 6.07) is 5.92. The Bertz CT molecular complexity index is 354. The van der Waals surface area contributed by atoms with Crippen LogP contribution in [0.1, 0.15) is 18.5 Å². The number of hydrogen-bond donors (Lipinski definition) is 1. The van der Waals surface area contributed by atoms with Crippen LogP contribution >= 0.6 is 11.8 Å². The summed E-state index contributed by atoms with van der Waals surface area (Å²) in [5.41, 5.74) is -3.74. The molecule has 17 heavy (non-hydrogen) atoms. The molecular formula is C11H13F4NS. The van der Waals surface area contributed by atoms with Crippen LogP contribution < -0.4 is 5.32 Å². The summed E-state index contributed by atoms with van der Waals surface area (Å²) in [7, 11) is 0. The van der Waals surface area contributed by atoms with E-state index in [0.717, 1.165) is 0 Å². The molecule has 1 aromatic rings. The Kier molecular flexibility index (Phi) is 5.27. The molecule has 0 saturated heterocycles. The highest BCUT2D eigenvalue weighted by Gasteiger charge is 2.27. The van der Waals surface area contributed by atoms with Gasteiger partial charge < -0.3 is 5.32 Å². The second kappa shape index (κ2) is 6.26. The zero-order valence-corrected chi connectivity index (χ0v) is 10.0. The van der Waals surface area contributed by atoms with E-state index in [0.29, 0.717) is 5.56 Å². The topological polar surface area (TPSA) is 12.0 Å². The van der Waals surface area contributed by atoms with Gasteiger partial charge in [-0.15, -0.1) is 0 Å². The van der Waals surface area contributed by atoms with Crippen molar-refractivity contribution in [1.29, 1.82) is 0 Å². The van der Waals surface area contributed by atoms with Crippen LogP contribution in [0.2, 0.25) is 0 Å². The molecular weight excluding hydrogens is 254 g/mol. The summed E-state index contributed by atoms with van der Waals surface area (Å²) in [6.07, 6.45) is 0. The Morgan fingerprint density at radius 3 is 2.53 bits per heavy atom. The van der Waals surface area contributed by atoms with Gasteiger partial charge in [-0.3, -0.25) is 0 Å². The van der Waals surface area contributed by atoms with Gasteiger partial charge in [-0.2, -0.15) is 13.2 Å². The first-order valence-corrected chi connectivity index (χ1v) is 6.07. The third-order valence-electron chi connectivity index (χ3n) is 2.19. The Morgan fingerprint density at radius 1 is 1.29 bits per heavy atom. The zero-order chi connectivity index (χ0) is 12.9. The van der Waals surface area contributed by atoms with Crippen molar-refractivity contribution in [3.63, 3.8) is 0 Å². The van der Waals surface area contributed by atoms with Gasteiger partial charge in [-0.1, -0.05) is 18.2 Å². The van der Waals surface area contributed by atoms with Gasteiger partial charge in [0.1, 0.15) is 5.82 Å². The van der Waals surface area contributed by atoms with E-state index in [-0.39, 0.29) is 35.9 Å². The summed E-state index contributed by atoms with van der Waals surface area (Å²) in [4.78, 5) is 0. The van der Waals surface area contributed by atoms with Crippen molar-refractivity contribution in [1.82, 2.24) is 5.32 Å². The van der Waals surface area contributed by atoms with Gasteiger partial charge in [0.2, 0.25) is 0 Å². The van der Waals surface area contributed by atoms with Crippen LogP contribution in [0.15, 0.2) is 24.3 Å². The lowest BCUT2D eigenvalue weighted by Crippen LogP contribution is -2.23. The SMILES string of the molecule is CC(NCCSC(F)(F)F)c1ccccc1F. The predicted octanol–water partition coefficient (Wildman–Crippen LogP) is 3.73. The first kappa shape index (κ1) is 14.3. The van der Waals surface area contributed by atoms with E-state index in [1.165, 1.54) is 6.07 Å². The Balaban J connectivity index is 2.36. The summed E-state index contributed by atoms with van der Waals surface area (Å²) in [5, 5.41) is 2.85. The number of benzene rings is 1. The van der Waals surface area contributed by atoms with Gasteiger partial charge >= 0.3 is 5.51 Å². The van der Waals surface area contributed by atoms with Crippen molar-refractivity contribution in [2.45, 2.75) is 18.5 Å². The van der Waals surface area contributed by atoms with E-state index in [4.69, 9.17) is 0 Å². The van der Waals surface area contributed by atoms with Crippen LogP contribution in [0.4, 0.5) is 17.6 Å². The lowest BCUT2D eigenvalue weighted by molar-refractivity contribution is -0.0327. The number of hydrogen-bond acceptors (Lipinski definition) is 2. The van der Waals surface area contributed by atoms with E-state index in [9.17, 15) is 17.6 Å². The lowest BCUT2D eigenvalue weighted by atomic mass is 10.1. The van der Waals surface area contributed by atoms with Crippen LogP contribution in [0.25, 0.3) is 0 Å². The highest BCUT2D eigenvalue weighted by molar-refractivity contribution is 8.00. The second-order valence-corrected chi connectivity index (χ2v) is 4.65. The summed E-state index contributed by atoms with van der Waals surface area (Å²) in [5.74, 6) is -0.432. The molecule has 0 heterocycles. The molecule has 1 rings (SSSR count). The van der Waals surface area contributed by atoms with Gasteiger partial charge in [0.05, 0.1) is 0 Å². The molecule has 1 nitrogen and oxygen atoms in total. The third-order valence-corrected chi connectivity index (χ3v) is 2.93. The van der Waals surface area contributed by atoms with Gasteiger partial charge in [0.25, 0.3) is 0 Å². The van der Waals surface area contributed by atoms with E-state index in [1.807, 2.05) is 0 Å². The lowest BCUT2D eigenvalue weighted by Gasteiger charge is -2.15. The average molecular weight is 267 g/mol. The summed E-state index contributed by atoms with van der Waals surface area (Å²) in [6.45, 7) is 1.90. The van der Waals surface area contributed by atoms with E-state index < -0.39 is 5.51 Å². The fourth-order valence-electron chi connectivity index (χ4n) is 1.38. The first-order valence-electron chi connectivity index (χ1n) is 5.08. The zero-order valence-electron chi connectivity index (χ0n) is 9.22. The van der Waals surface area contributed by atoms with Crippen molar-refractivity contribution in [3.05, 3.63) is 35.6 Å². The predicted molar refractivity (Wildman–Crippen MR) is 61.3 cm³/mol. The molecule has 0 fully saturated rings. The van der Waals surface area contributed by atoms with Gasteiger partial charge in [-0.25, -0.2) is 4.39 Å². The van der Waals surface area contributed by atoms with Gasteiger partial charge in [0, 0.05) is 23.9 Å². The van der Waals surface area contributed by atoms with Gasteiger partial charge in [-0.05, 0) is 24.8 Å². The quantitative estimate of drug-likeness (QED) is 0.644. The number of alkyl halides is 3. The van der Waals surface area contributed by atoms with E-state index in [1.54, 1.807) is 25.1 Å². The molecule has 1 atom stereocenters. The smallest absolute Gasteiger partial charge is 0.309 e. The fraction of sp³-hybridized carbons (Fsp3) is 0.455. The molecule has 0 spiro atoms. The maximum Gasteiger partial charge on any atom is 0.441 e. The molecule has 0 aliphatic rings. The number of rotatable bonds is 5. The molecule has 0 bridgehead atoms. The molecule has 0 amide bonds. The minimum absolute atomic E-state index is 0.0811. The molecule has 0 aliphatic heterocycles. The maximum absolute atomic E-state index is 13.3. The summed E-state index contributed by atoms with van der Waals surface area (Å²) < 4.78 is 48.8. The normalized spacial score (nSPS) is 13.7. The molecule has 1 aromatic carbocycles. The molecule has 96 valence electrons. The van der Waals surface area contributed by atoms with Crippen molar-refractivity contribution in [3.8, 4) is 0 Å². The highest BCUT2D eigenvalue weighted by atomic mass is 32.2. The standard InChI is InChI=1S/C11H13F4NS/c1-8(9-4-2-3-5-10(9)12)16-6-7-17-11(13,14)15/h2-5,8,16H,6-7H2,1H3. The molecule has 0 aliphatic carbocycles. The Hall–Kier alpha value is -0.750. The molecule has 1 unspecified atom stereocenters.